The number of thioether (sulfide) groups is 1. The molecule has 1 aromatic carbocycles. The first-order chi connectivity index (χ1) is 5.77. The van der Waals surface area contributed by atoms with Crippen molar-refractivity contribution in [2.24, 2.45) is 0 Å². The molecule has 0 aromatic heterocycles. The van der Waals surface area contributed by atoms with Crippen LogP contribution in [0.1, 0.15) is 18.2 Å². The van der Waals surface area contributed by atoms with Gasteiger partial charge in [0.15, 0.2) is 0 Å². The van der Waals surface area contributed by atoms with Gasteiger partial charge in [-0.15, -0.1) is 11.8 Å². The minimum absolute atomic E-state index is 0.624. The lowest BCUT2D eigenvalue weighted by molar-refractivity contribution is 0.329. The molecule has 1 aromatic rings. The van der Waals surface area contributed by atoms with Crippen LogP contribution in [-0.2, 0) is 0 Å². The maximum atomic E-state index is 13.3. The zero-order chi connectivity index (χ0) is 8.55. The largest absolute Gasteiger partial charge is 0.242 e. The third-order valence-corrected chi connectivity index (χ3v) is 3.28. The zero-order valence-corrected chi connectivity index (χ0v) is 7.96. The number of rotatable bonds is 0. The van der Waals surface area contributed by atoms with Crippen LogP contribution in [0.25, 0.3) is 0 Å². The Morgan fingerprint density at radius 3 is 3.17 bits per heavy atom. The Bertz CT molecular complexity index is 301. The van der Waals surface area contributed by atoms with Crippen LogP contribution in [-0.4, -0.2) is 5.75 Å². The number of benzene rings is 1. The Morgan fingerprint density at radius 2 is 2.33 bits per heavy atom. The van der Waals surface area contributed by atoms with E-state index < -0.39 is 6.17 Å². The summed E-state index contributed by atoms with van der Waals surface area (Å²) in [6.07, 6.45) is -0.169. The maximum absolute atomic E-state index is 13.3. The van der Waals surface area contributed by atoms with E-state index in [0.717, 1.165) is 16.2 Å². The number of halogens is 2. The molecule has 0 spiro atoms. The molecule has 1 aliphatic rings. The van der Waals surface area contributed by atoms with Crippen LogP contribution in [0.3, 0.4) is 0 Å². The lowest BCUT2D eigenvalue weighted by Crippen LogP contribution is -2.01. The van der Waals surface area contributed by atoms with Gasteiger partial charge in [0.1, 0.15) is 6.17 Å². The van der Waals surface area contributed by atoms with E-state index in [9.17, 15) is 4.39 Å². The van der Waals surface area contributed by atoms with Crippen LogP contribution < -0.4 is 0 Å². The first kappa shape index (κ1) is 8.39. The lowest BCUT2D eigenvalue weighted by atomic mass is 10.1. The number of hydrogen-bond donors (Lipinski definition) is 0. The summed E-state index contributed by atoms with van der Waals surface area (Å²) in [6.45, 7) is 0. The first-order valence-corrected chi connectivity index (χ1v) is 5.20. The number of fused-ring (bicyclic) bond motifs is 1. The SMILES string of the molecule is FC1CCSc2cc(Cl)ccc21. The Hall–Kier alpha value is -0.210. The molecule has 12 heavy (non-hydrogen) atoms. The minimum atomic E-state index is -0.793. The molecule has 0 aliphatic carbocycles. The fourth-order valence-electron chi connectivity index (χ4n) is 1.32. The summed E-state index contributed by atoms with van der Waals surface area (Å²) >= 11 is 7.47. The van der Waals surface area contributed by atoms with Crippen molar-refractivity contribution in [2.45, 2.75) is 17.5 Å². The summed E-state index contributed by atoms with van der Waals surface area (Å²) in [7, 11) is 0. The van der Waals surface area contributed by atoms with Gasteiger partial charge in [-0.2, -0.15) is 0 Å². The molecule has 1 heterocycles. The van der Waals surface area contributed by atoms with Crippen LogP contribution in [0.5, 0.6) is 0 Å². The second-order valence-electron chi connectivity index (χ2n) is 2.79. The van der Waals surface area contributed by atoms with E-state index in [0.29, 0.717) is 11.4 Å². The van der Waals surface area contributed by atoms with Gasteiger partial charge in [0, 0.05) is 15.7 Å². The normalized spacial score (nSPS) is 22.0. The van der Waals surface area contributed by atoms with Gasteiger partial charge in [0.2, 0.25) is 0 Å². The molecule has 0 saturated heterocycles. The Labute approximate surface area is 80.1 Å². The number of alkyl halides is 1. The van der Waals surface area contributed by atoms with Crippen molar-refractivity contribution in [3.63, 3.8) is 0 Å². The molecular weight excluding hydrogens is 195 g/mol. The van der Waals surface area contributed by atoms with Gasteiger partial charge in [0.25, 0.3) is 0 Å². The molecule has 3 heteroatoms. The monoisotopic (exact) mass is 202 g/mol. The summed E-state index contributed by atoms with van der Waals surface area (Å²) in [5.74, 6) is 0.856. The average Bonchev–Trinajstić information content (AvgIpc) is 2.04. The van der Waals surface area contributed by atoms with Gasteiger partial charge in [-0.05, 0) is 24.1 Å². The smallest absolute Gasteiger partial charge is 0.127 e. The van der Waals surface area contributed by atoms with Crippen molar-refractivity contribution < 1.29 is 4.39 Å². The van der Waals surface area contributed by atoms with Gasteiger partial charge >= 0.3 is 0 Å². The fourth-order valence-corrected chi connectivity index (χ4v) is 2.67. The van der Waals surface area contributed by atoms with Crippen molar-refractivity contribution in [1.29, 1.82) is 0 Å². The molecular formula is C9H8ClFS. The molecule has 0 saturated carbocycles. The van der Waals surface area contributed by atoms with E-state index >= 15 is 0 Å². The van der Waals surface area contributed by atoms with E-state index in [4.69, 9.17) is 11.6 Å². The van der Waals surface area contributed by atoms with Crippen molar-refractivity contribution in [2.75, 3.05) is 5.75 Å². The molecule has 2 rings (SSSR count). The predicted octanol–water partition coefficient (Wildman–Crippen LogP) is 3.85. The molecule has 1 aliphatic heterocycles. The fraction of sp³-hybridized carbons (Fsp3) is 0.333. The highest BCUT2D eigenvalue weighted by atomic mass is 35.5. The van der Waals surface area contributed by atoms with Gasteiger partial charge in [-0.3, -0.25) is 0 Å². The van der Waals surface area contributed by atoms with Crippen LogP contribution in [0, 0.1) is 0 Å². The Morgan fingerprint density at radius 1 is 1.50 bits per heavy atom. The number of hydrogen-bond acceptors (Lipinski definition) is 1. The molecule has 0 radical (unpaired) electrons. The van der Waals surface area contributed by atoms with Crippen LogP contribution in [0.15, 0.2) is 23.1 Å². The second kappa shape index (κ2) is 3.27. The highest BCUT2D eigenvalue weighted by molar-refractivity contribution is 7.99. The lowest BCUT2D eigenvalue weighted by Gasteiger charge is -2.18. The Balaban J connectivity index is 2.46. The van der Waals surface area contributed by atoms with E-state index in [1.165, 1.54) is 0 Å². The third kappa shape index (κ3) is 1.46. The van der Waals surface area contributed by atoms with E-state index in [1.807, 2.05) is 6.07 Å². The van der Waals surface area contributed by atoms with Gasteiger partial charge in [-0.1, -0.05) is 17.7 Å². The molecule has 0 N–H and O–H groups in total. The van der Waals surface area contributed by atoms with Crippen molar-refractivity contribution >= 4 is 23.4 Å². The standard InChI is InChI=1S/C9H8ClFS/c10-6-1-2-7-8(11)3-4-12-9(7)5-6/h1-2,5,8H,3-4H2. The van der Waals surface area contributed by atoms with Crippen molar-refractivity contribution in [1.82, 2.24) is 0 Å². The molecule has 0 amide bonds. The topological polar surface area (TPSA) is 0 Å². The molecule has 64 valence electrons. The van der Waals surface area contributed by atoms with Crippen LogP contribution >= 0.6 is 23.4 Å². The summed E-state index contributed by atoms with van der Waals surface area (Å²) in [5.41, 5.74) is 0.802. The van der Waals surface area contributed by atoms with Crippen LogP contribution in [0.2, 0.25) is 5.02 Å². The van der Waals surface area contributed by atoms with E-state index in [1.54, 1.807) is 23.9 Å². The van der Waals surface area contributed by atoms with E-state index in [-0.39, 0.29) is 0 Å². The van der Waals surface area contributed by atoms with Crippen molar-refractivity contribution in [3.05, 3.63) is 28.8 Å². The molecule has 0 bridgehead atoms. The molecule has 0 fully saturated rings. The minimum Gasteiger partial charge on any atom is -0.242 e. The molecule has 1 atom stereocenters. The van der Waals surface area contributed by atoms with Gasteiger partial charge in [-0.25, -0.2) is 4.39 Å². The summed E-state index contributed by atoms with van der Waals surface area (Å²) in [5, 5.41) is 0.690. The quantitative estimate of drug-likeness (QED) is 0.616. The maximum Gasteiger partial charge on any atom is 0.127 e. The van der Waals surface area contributed by atoms with Gasteiger partial charge < -0.3 is 0 Å². The first-order valence-electron chi connectivity index (χ1n) is 3.83. The van der Waals surface area contributed by atoms with Gasteiger partial charge in [0.05, 0.1) is 0 Å². The molecule has 1 unspecified atom stereocenters. The highest BCUT2D eigenvalue weighted by Gasteiger charge is 2.19. The predicted molar refractivity (Wildman–Crippen MR) is 50.6 cm³/mol. The zero-order valence-electron chi connectivity index (χ0n) is 6.39. The highest BCUT2D eigenvalue weighted by Crippen LogP contribution is 2.39. The summed E-state index contributed by atoms with van der Waals surface area (Å²) in [4.78, 5) is 1.00. The average molecular weight is 203 g/mol. The van der Waals surface area contributed by atoms with E-state index in [2.05, 4.69) is 0 Å². The summed E-state index contributed by atoms with van der Waals surface area (Å²) in [6, 6.07) is 5.38. The Kier molecular flexibility index (Phi) is 2.28. The third-order valence-electron chi connectivity index (χ3n) is 1.94. The summed E-state index contributed by atoms with van der Waals surface area (Å²) < 4.78 is 13.3. The van der Waals surface area contributed by atoms with Crippen LogP contribution in [0.4, 0.5) is 4.39 Å². The van der Waals surface area contributed by atoms with Crippen molar-refractivity contribution in [3.8, 4) is 0 Å². The second-order valence-corrected chi connectivity index (χ2v) is 4.36. The molecule has 0 nitrogen and oxygen atoms in total.